The SMILES string of the molecule is CCN1C(=C(Br)C(O)=C2C(=O)c3ccccc3C2=O)C=Cc2ccccc21. The molecule has 2 aliphatic rings. The summed E-state index contributed by atoms with van der Waals surface area (Å²) in [7, 11) is 0. The summed E-state index contributed by atoms with van der Waals surface area (Å²) in [5, 5.41) is 10.8. The average Bonchev–Trinajstić information content (AvgIpc) is 2.96. The lowest BCUT2D eigenvalue weighted by Gasteiger charge is -2.30. The van der Waals surface area contributed by atoms with E-state index in [9.17, 15) is 14.7 Å². The molecule has 0 bridgehead atoms. The molecule has 0 atom stereocenters. The number of benzene rings is 2. The van der Waals surface area contributed by atoms with Gasteiger partial charge in [-0.3, -0.25) is 9.59 Å². The molecule has 0 aromatic heterocycles. The van der Waals surface area contributed by atoms with Crippen molar-refractivity contribution < 1.29 is 14.7 Å². The summed E-state index contributed by atoms with van der Waals surface area (Å²) in [4.78, 5) is 27.4. The third-order valence-electron chi connectivity index (χ3n) is 4.80. The molecule has 1 aliphatic heterocycles. The number of fused-ring (bicyclic) bond motifs is 2. The van der Waals surface area contributed by atoms with Crippen molar-refractivity contribution in [3.63, 3.8) is 0 Å². The first-order chi connectivity index (χ1) is 13.0. The lowest BCUT2D eigenvalue weighted by Crippen LogP contribution is -2.25. The van der Waals surface area contributed by atoms with Crippen molar-refractivity contribution in [2.75, 3.05) is 11.4 Å². The van der Waals surface area contributed by atoms with E-state index < -0.39 is 11.6 Å². The van der Waals surface area contributed by atoms with E-state index in [1.165, 1.54) is 0 Å². The molecule has 2 aromatic carbocycles. The van der Waals surface area contributed by atoms with Crippen LogP contribution in [0.25, 0.3) is 6.08 Å². The number of halogens is 1. The molecule has 1 N–H and O–H groups in total. The number of para-hydroxylation sites is 1. The number of hydrogen-bond donors (Lipinski definition) is 1. The first-order valence-electron chi connectivity index (χ1n) is 8.61. The largest absolute Gasteiger partial charge is 0.506 e. The summed E-state index contributed by atoms with van der Waals surface area (Å²) >= 11 is 3.42. The van der Waals surface area contributed by atoms with Gasteiger partial charge < -0.3 is 10.0 Å². The number of ketones is 2. The minimum absolute atomic E-state index is 0.195. The number of aliphatic hydroxyl groups excluding tert-OH is 1. The van der Waals surface area contributed by atoms with Crippen LogP contribution < -0.4 is 4.90 Å². The van der Waals surface area contributed by atoms with Crippen LogP contribution in [0.3, 0.4) is 0 Å². The number of likely N-dealkylation sites (N-methyl/N-ethyl adjacent to an activating group) is 1. The second-order valence-electron chi connectivity index (χ2n) is 6.26. The molecule has 0 saturated heterocycles. The first kappa shape index (κ1) is 17.5. The topological polar surface area (TPSA) is 57.6 Å². The minimum atomic E-state index is -0.450. The van der Waals surface area contributed by atoms with Gasteiger partial charge in [-0.2, -0.15) is 0 Å². The second kappa shape index (κ2) is 6.67. The molecule has 0 unspecified atom stereocenters. The number of carbonyl (C=O) groups is 2. The molecule has 0 fully saturated rings. The van der Waals surface area contributed by atoms with Gasteiger partial charge in [-0.1, -0.05) is 48.5 Å². The third-order valence-corrected chi connectivity index (χ3v) is 5.58. The number of allylic oxidation sites excluding steroid dienone is 3. The number of aliphatic hydroxyl groups is 1. The van der Waals surface area contributed by atoms with Crippen LogP contribution in [0.15, 0.2) is 76.1 Å². The van der Waals surface area contributed by atoms with Crippen LogP contribution in [0.2, 0.25) is 0 Å². The van der Waals surface area contributed by atoms with E-state index >= 15 is 0 Å². The fourth-order valence-corrected chi connectivity index (χ4v) is 4.04. The van der Waals surface area contributed by atoms with Gasteiger partial charge in [0.25, 0.3) is 0 Å². The maximum absolute atomic E-state index is 12.7. The summed E-state index contributed by atoms with van der Waals surface area (Å²) in [5.74, 6) is -1.23. The quantitative estimate of drug-likeness (QED) is 0.419. The third kappa shape index (κ3) is 2.66. The number of nitrogens with zero attached hydrogens (tertiary/aromatic N) is 1. The molecule has 0 radical (unpaired) electrons. The van der Waals surface area contributed by atoms with Gasteiger partial charge in [0.05, 0.1) is 10.2 Å². The number of rotatable bonds is 2. The zero-order valence-electron chi connectivity index (χ0n) is 14.6. The van der Waals surface area contributed by atoms with Crippen molar-refractivity contribution in [1.29, 1.82) is 0 Å². The minimum Gasteiger partial charge on any atom is -0.506 e. The summed E-state index contributed by atoms with van der Waals surface area (Å²) in [6.07, 6.45) is 3.81. The van der Waals surface area contributed by atoms with Gasteiger partial charge in [0.1, 0.15) is 11.3 Å². The van der Waals surface area contributed by atoms with Crippen molar-refractivity contribution in [2.24, 2.45) is 0 Å². The standard InChI is InChI=1S/C22H16BrNO3/c1-2-24-16-10-6-3-7-13(16)11-12-17(24)19(23)22(27)18-20(25)14-8-4-5-9-15(14)21(18)26/h3-12,27H,2H2,1H3. The molecular weight excluding hydrogens is 406 g/mol. The molecule has 2 aromatic rings. The Bertz CT molecular complexity index is 1040. The monoisotopic (exact) mass is 421 g/mol. The van der Waals surface area contributed by atoms with Crippen LogP contribution in [-0.2, 0) is 0 Å². The Morgan fingerprint density at radius 1 is 0.963 bits per heavy atom. The summed E-state index contributed by atoms with van der Waals surface area (Å²) in [5.41, 5.74) is 3.21. The Balaban J connectivity index is 1.86. The number of anilines is 1. The molecule has 0 spiro atoms. The molecule has 0 amide bonds. The van der Waals surface area contributed by atoms with Crippen molar-refractivity contribution in [1.82, 2.24) is 0 Å². The molecule has 4 rings (SSSR count). The predicted octanol–water partition coefficient (Wildman–Crippen LogP) is 5.04. The van der Waals surface area contributed by atoms with E-state index in [0.29, 0.717) is 27.9 Å². The van der Waals surface area contributed by atoms with Gasteiger partial charge in [-0.05, 0) is 40.6 Å². The van der Waals surface area contributed by atoms with Crippen LogP contribution >= 0.6 is 15.9 Å². The average molecular weight is 422 g/mol. The van der Waals surface area contributed by atoms with Gasteiger partial charge in [-0.25, -0.2) is 0 Å². The highest BCUT2D eigenvalue weighted by molar-refractivity contribution is 9.12. The Labute approximate surface area is 165 Å². The lowest BCUT2D eigenvalue weighted by molar-refractivity contribution is 0.0982. The van der Waals surface area contributed by atoms with E-state index in [2.05, 4.69) is 15.9 Å². The molecule has 1 aliphatic carbocycles. The normalized spacial score (nSPS) is 17.1. The molecule has 5 heteroatoms. The van der Waals surface area contributed by atoms with Gasteiger partial charge in [0, 0.05) is 23.4 Å². The van der Waals surface area contributed by atoms with E-state index in [4.69, 9.17) is 0 Å². The highest BCUT2D eigenvalue weighted by atomic mass is 79.9. The predicted molar refractivity (Wildman–Crippen MR) is 109 cm³/mol. The smallest absolute Gasteiger partial charge is 0.201 e. The Kier molecular flexibility index (Phi) is 4.32. The molecule has 1 heterocycles. The highest BCUT2D eigenvalue weighted by Crippen LogP contribution is 2.37. The number of carbonyl (C=O) groups excluding carboxylic acids is 2. The first-order valence-corrected chi connectivity index (χ1v) is 9.40. The van der Waals surface area contributed by atoms with Gasteiger partial charge in [0.15, 0.2) is 0 Å². The molecule has 0 saturated carbocycles. The fourth-order valence-electron chi connectivity index (χ4n) is 3.49. The Morgan fingerprint density at radius 3 is 2.19 bits per heavy atom. The number of Topliss-reactive ketones (excluding diaryl/α,β-unsaturated/α-hetero) is 2. The maximum Gasteiger partial charge on any atom is 0.201 e. The van der Waals surface area contributed by atoms with E-state index in [1.807, 2.05) is 48.2 Å². The van der Waals surface area contributed by atoms with Crippen molar-refractivity contribution in [3.8, 4) is 0 Å². The van der Waals surface area contributed by atoms with Crippen molar-refractivity contribution in [2.45, 2.75) is 6.92 Å². The maximum atomic E-state index is 12.7. The Morgan fingerprint density at radius 2 is 1.56 bits per heavy atom. The van der Waals surface area contributed by atoms with Crippen molar-refractivity contribution in [3.05, 3.63) is 92.8 Å². The lowest BCUT2D eigenvalue weighted by atomic mass is 10.0. The van der Waals surface area contributed by atoms with Crippen molar-refractivity contribution >= 4 is 39.3 Å². The molecule has 4 nitrogen and oxygen atoms in total. The molecular formula is C22H16BrNO3. The van der Waals surface area contributed by atoms with Gasteiger partial charge in [0.2, 0.25) is 11.6 Å². The van der Waals surface area contributed by atoms with Crippen LogP contribution in [0, 0.1) is 0 Å². The van der Waals surface area contributed by atoms with Crippen LogP contribution in [0.5, 0.6) is 0 Å². The van der Waals surface area contributed by atoms with Crippen LogP contribution in [-0.4, -0.2) is 23.2 Å². The van der Waals surface area contributed by atoms with E-state index in [-0.39, 0.29) is 11.3 Å². The second-order valence-corrected chi connectivity index (χ2v) is 7.06. The highest BCUT2D eigenvalue weighted by Gasteiger charge is 2.37. The van der Waals surface area contributed by atoms with Crippen LogP contribution in [0.4, 0.5) is 5.69 Å². The van der Waals surface area contributed by atoms with E-state index in [1.54, 1.807) is 24.3 Å². The summed E-state index contributed by atoms with van der Waals surface area (Å²) in [6, 6.07) is 14.5. The number of hydrogen-bond acceptors (Lipinski definition) is 4. The zero-order valence-corrected chi connectivity index (χ0v) is 16.2. The molecule has 27 heavy (non-hydrogen) atoms. The van der Waals surface area contributed by atoms with E-state index in [0.717, 1.165) is 11.3 Å². The van der Waals surface area contributed by atoms with Crippen LogP contribution in [0.1, 0.15) is 33.2 Å². The summed E-state index contributed by atoms with van der Waals surface area (Å²) in [6.45, 7) is 2.67. The van der Waals surface area contributed by atoms with Gasteiger partial charge in [-0.15, -0.1) is 0 Å². The zero-order chi connectivity index (χ0) is 19.1. The summed E-state index contributed by atoms with van der Waals surface area (Å²) < 4.78 is 0.319. The van der Waals surface area contributed by atoms with Gasteiger partial charge >= 0.3 is 0 Å². The Hall–Kier alpha value is -2.92. The molecule has 134 valence electrons. The fraction of sp³-hybridized carbons (Fsp3) is 0.0909.